The number of esters is 1. The summed E-state index contributed by atoms with van der Waals surface area (Å²) >= 11 is 0. The lowest BCUT2D eigenvalue weighted by Crippen LogP contribution is -2.18. The van der Waals surface area contributed by atoms with E-state index in [0.717, 1.165) is 25.3 Å². The molecule has 0 fully saturated rings. The Morgan fingerprint density at radius 1 is 1.39 bits per heavy atom. The second kappa shape index (κ2) is 10.4. The minimum Gasteiger partial charge on any atom is -0.493 e. The van der Waals surface area contributed by atoms with Crippen LogP contribution in [0.1, 0.15) is 50.8 Å². The van der Waals surface area contributed by atoms with Crippen LogP contribution in [0.4, 0.5) is 0 Å². The van der Waals surface area contributed by atoms with Crippen LogP contribution in [0.5, 0.6) is 5.75 Å². The van der Waals surface area contributed by atoms with E-state index in [9.17, 15) is 9.59 Å². The Kier molecular flexibility index (Phi) is 7.74. The third kappa shape index (κ3) is 7.00. The number of aromatic carboxylic acids is 1. The molecule has 1 unspecified atom stereocenters. The number of ether oxygens (including phenoxy) is 2. The lowest BCUT2D eigenvalue weighted by atomic mass is 10.1. The van der Waals surface area contributed by atoms with E-state index in [2.05, 4.69) is 13.5 Å². The molecule has 0 aromatic heterocycles. The first-order valence-electron chi connectivity index (χ1n) is 8.27. The van der Waals surface area contributed by atoms with Gasteiger partial charge in [-0.2, -0.15) is 0 Å². The van der Waals surface area contributed by atoms with Gasteiger partial charge in [0.05, 0.1) is 7.98 Å². The summed E-state index contributed by atoms with van der Waals surface area (Å²) in [6, 6.07) is 4.34. The fourth-order valence-corrected chi connectivity index (χ4v) is 2.11. The second-order valence-corrected chi connectivity index (χ2v) is 5.12. The first-order chi connectivity index (χ1) is 11.5. The minimum atomic E-state index is -1.09. The molecule has 1 rings (SSSR count). The number of carbonyl (C=O) groups is 2. The maximum atomic E-state index is 11.3. The molecular formula is C18H24O5. The third-order valence-corrected chi connectivity index (χ3v) is 3.31. The van der Waals surface area contributed by atoms with Gasteiger partial charge in [0.15, 0.2) is 0 Å². The van der Waals surface area contributed by atoms with Crippen LogP contribution in [-0.4, -0.2) is 29.8 Å². The van der Waals surface area contributed by atoms with E-state index >= 15 is 0 Å². The van der Waals surface area contributed by atoms with Crippen LogP contribution in [-0.2, 0) is 9.53 Å². The number of benzene rings is 1. The van der Waals surface area contributed by atoms with Crippen molar-refractivity contribution in [2.24, 2.45) is 0 Å². The molecule has 0 aliphatic rings. The van der Waals surface area contributed by atoms with Crippen molar-refractivity contribution >= 4 is 11.9 Å². The Bertz CT molecular complexity index is 571. The van der Waals surface area contributed by atoms with E-state index < -0.39 is 11.9 Å². The Hall–Kier alpha value is -2.30. The van der Waals surface area contributed by atoms with Gasteiger partial charge in [-0.3, -0.25) is 0 Å². The molecular weight excluding hydrogens is 296 g/mol. The topological polar surface area (TPSA) is 72.8 Å². The Morgan fingerprint density at radius 3 is 2.78 bits per heavy atom. The second-order valence-electron chi connectivity index (χ2n) is 5.12. The first-order valence-corrected chi connectivity index (χ1v) is 7.77. The number of carboxylic acid groups (broad SMARTS) is 1. The summed E-state index contributed by atoms with van der Waals surface area (Å²) in [6.07, 6.45) is 4.94. The first kappa shape index (κ1) is 17.1. The van der Waals surface area contributed by atoms with Crippen LogP contribution in [0.25, 0.3) is 0 Å². The molecule has 0 saturated heterocycles. The minimum absolute atomic E-state index is 0.0339. The summed E-state index contributed by atoms with van der Waals surface area (Å²) in [5.74, 6) is -1.35. The molecule has 126 valence electrons. The zero-order valence-electron chi connectivity index (χ0n) is 14.4. The highest BCUT2D eigenvalue weighted by atomic mass is 16.5. The zero-order chi connectivity index (χ0) is 17.9. The number of unbranched alkanes of at least 4 members (excludes halogenated alkanes) is 1. The molecule has 1 aromatic carbocycles. The predicted octanol–water partition coefficient (Wildman–Crippen LogP) is 3.83. The van der Waals surface area contributed by atoms with E-state index in [1.165, 1.54) is 18.2 Å². The molecule has 1 N–H and O–H groups in total. The maximum Gasteiger partial charge on any atom is 0.339 e. The van der Waals surface area contributed by atoms with Crippen molar-refractivity contribution in [2.45, 2.75) is 45.1 Å². The third-order valence-electron chi connectivity index (χ3n) is 3.31. The molecule has 1 atom stereocenters. The van der Waals surface area contributed by atoms with Crippen molar-refractivity contribution in [1.29, 1.82) is 0 Å². The van der Waals surface area contributed by atoms with Gasteiger partial charge in [-0.1, -0.05) is 38.5 Å². The highest BCUT2D eigenvalue weighted by Gasteiger charge is 2.13. The average Bonchev–Trinajstić information content (AvgIpc) is 2.55. The summed E-state index contributed by atoms with van der Waals surface area (Å²) in [5, 5.41) is 9.12. The van der Waals surface area contributed by atoms with E-state index in [4.69, 9.17) is 16.0 Å². The smallest absolute Gasteiger partial charge is 0.339 e. The van der Waals surface area contributed by atoms with Crippen molar-refractivity contribution in [2.75, 3.05) is 6.61 Å². The van der Waals surface area contributed by atoms with Crippen molar-refractivity contribution in [3.8, 4) is 5.75 Å². The number of carboxylic acids is 1. The molecule has 0 heterocycles. The molecule has 0 spiro atoms. The summed E-state index contributed by atoms with van der Waals surface area (Å²) < 4.78 is 18.4. The molecule has 0 bridgehead atoms. The fraction of sp³-hybridized carbons (Fsp3) is 0.444. The summed E-state index contributed by atoms with van der Waals surface area (Å²) in [7, 11) is 0. The lowest BCUT2D eigenvalue weighted by Gasteiger charge is -2.17. The number of carbonyl (C=O) groups excluding carboxylic acids is 1. The monoisotopic (exact) mass is 321 g/mol. The predicted molar refractivity (Wildman–Crippen MR) is 87.7 cm³/mol. The highest BCUT2D eigenvalue weighted by Crippen LogP contribution is 2.19. The molecule has 1 aromatic rings. The SMILES string of the molecule is [2H]c1ccc(C(=O)O)c(OCCCC(CCCC)OC(=O)C=C)c1. The molecule has 5 heteroatoms. The van der Waals surface area contributed by atoms with E-state index in [1.807, 2.05) is 0 Å². The molecule has 23 heavy (non-hydrogen) atoms. The van der Waals surface area contributed by atoms with Crippen molar-refractivity contribution in [1.82, 2.24) is 0 Å². The van der Waals surface area contributed by atoms with Gasteiger partial charge in [0.25, 0.3) is 0 Å². The molecule has 0 amide bonds. The standard InChI is InChI=1S/C18H24O5/c1-3-5-9-14(23-17(19)4-2)10-8-13-22-16-12-7-6-11-15(16)18(20)21/h4,6-7,11-12,14H,2-3,5,8-10,13H2,1H3,(H,20,21)/i7D. The van der Waals surface area contributed by atoms with E-state index in [-0.39, 0.29) is 30.1 Å². The fourth-order valence-electron chi connectivity index (χ4n) is 2.11. The summed E-state index contributed by atoms with van der Waals surface area (Å²) in [6.45, 7) is 5.75. The van der Waals surface area contributed by atoms with Gasteiger partial charge in [0, 0.05) is 6.08 Å². The van der Waals surface area contributed by atoms with Crippen molar-refractivity contribution in [3.63, 3.8) is 0 Å². The van der Waals surface area contributed by atoms with Crippen LogP contribution in [0.2, 0.25) is 0 Å². The largest absolute Gasteiger partial charge is 0.493 e. The van der Waals surface area contributed by atoms with Gasteiger partial charge in [0.2, 0.25) is 0 Å². The van der Waals surface area contributed by atoms with Crippen molar-refractivity contribution < 1.29 is 25.5 Å². The van der Waals surface area contributed by atoms with Crippen molar-refractivity contribution in [3.05, 3.63) is 42.5 Å². The van der Waals surface area contributed by atoms with Crippen LogP contribution in [0.3, 0.4) is 0 Å². The Balaban J connectivity index is 2.53. The average molecular weight is 321 g/mol. The molecule has 0 aliphatic carbocycles. The maximum absolute atomic E-state index is 11.3. The van der Waals surface area contributed by atoms with Gasteiger partial charge in [0.1, 0.15) is 17.4 Å². The van der Waals surface area contributed by atoms with Gasteiger partial charge >= 0.3 is 11.9 Å². The van der Waals surface area contributed by atoms with Gasteiger partial charge in [-0.15, -0.1) is 0 Å². The van der Waals surface area contributed by atoms with Gasteiger partial charge in [-0.25, -0.2) is 9.59 Å². The summed E-state index contributed by atoms with van der Waals surface area (Å²) in [5.41, 5.74) is 0.0339. The Morgan fingerprint density at radius 2 is 2.13 bits per heavy atom. The molecule has 0 saturated carbocycles. The molecule has 5 nitrogen and oxygen atoms in total. The lowest BCUT2D eigenvalue weighted by molar-refractivity contribution is -0.143. The van der Waals surface area contributed by atoms with Gasteiger partial charge < -0.3 is 14.6 Å². The van der Waals surface area contributed by atoms with Crippen LogP contribution >= 0.6 is 0 Å². The van der Waals surface area contributed by atoms with Gasteiger partial charge in [-0.05, 0) is 31.4 Å². The Labute approximate surface area is 138 Å². The number of para-hydroxylation sites is 1. The highest BCUT2D eigenvalue weighted by molar-refractivity contribution is 5.90. The van der Waals surface area contributed by atoms with Crippen LogP contribution in [0, 0.1) is 0 Å². The number of hydrogen-bond acceptors (Lipinski definition) is 4. The molecule has 0 aliphatic heterocycles. The quantitative estimate of drug-likeness (QED) is 0.381. The number of hydrogen-bond donors (Lipinski definition) is 1. The molecule has 0 radical (unpaired) electrons. The van der Waals surface area contributed by atoms with Crippen LogP contribution < -0.4 is 4.74 Å². The normalized spacial score (nSPS) is 12.1. The van der Waals surface area contributed by atoms with E-state index in [0.29, 0.717) is 12.8 Å². The number of rotatable bonds is 11. The summed E-state index contributed by atoms with van der Waals surface area (Å²) in [4.78, 5) is 22.5. The zero-order valence-corrected chi connectivity index (χ0v) is 13.4. The van der Waals surface area contributed by atoms with E-state index in [1.54, 1.807) is 0 Å². The van der Waals surface area contributed by atoms with Crippen LogP contribution in [0.15, 0.2) is 36.9 Å².